The molecule has 10 heteroatoms. The lowest BCUT2D eigenvalue weighted by atomic mass is 10.2. The lowest BCUT2D eigenvalue weighted by molar-refractivity contribution is -0.885. The number of ether oxygens (including phenoxy) is 1. The topological polar surface area (TPSA) is 71.9 Å². The first-order valence-electron chi connectivity index (χ1n) is 8.55. The number of carbonyl (C=O) groups excluding carboxylic acids is 2. The van der Waals surface area contributed by atoms with Crippen LogP contribution in [-0.4, -0.2) is 39.1 Å². The van der Waals surface area contributed by atoms with E-state index in [1.807, 2.05) is 5.32 Å². The van der Waals surface area contributed by atoms with Gasteiger partial charge in [-0.3, -0.25) is 9.59 Å². The van der Waals surface area contributed by atoms with E-state index in [0.29, 0.717) is 18.2 Å². The highest BCUT2D eigenvalue weighted by atomic mass is 19.2. The number of hydrogen-bond donors (Lipinski definition) is 3. The van der Waals surface area contributed by atoms with E-state index in [1.165, 1.54) is 19.2 Å². The number of benzene rings is 2. The molecule has 2 rings (SSSR count). The number of amides is 2. The van der Waals surface area contributed by atoms with E-state index in [9.17, 15) is 27.2 Å². The summed E-state index contributed by atoms with van der Waals surface area (Å²) in [5.74, 6) is -6.28. The lowest BCUT2D eigenvalue weighted by Gasteiger charge is -2.14. The first-order valence-corrected chi connectivity index (χ1v) is 8.55. The zero-order valence-electron chi connectivity index (χ0n) is 15.7. The number of anilines is 1. The third-order valence-corrected chi connectivity index (χ3v) is 3.94. The van der Waals surface area contributed by atoms with Crippen molar-refractivity contribution in [2.75, 3.05) is 32.6 Å². The summed E-state index contributed by atoms with van der Waals surface area (Å²) in [5.41, 5.74) is 0.118. The summed E-state index contributed by atoms with van der Waals surface area (Å²) in [4.78, 5) is 24.4. The highest BCUT2D eigenvalue weighted by molar-refractivity contribution is 5.94. The maximum Gasteiger partial charge on any atom is 0.275 e. The molecule has 2 aromatic rings. The van der Waals surface area contributed by atoms with Crippen LogP contribution < -0.4 is 20.3 Å². The molecule has 2 aromatic carbocycles. The normalized spacial score (nSPS) is 11.7. The monoisotopic (exact) mass is 414 g/mol. The number of halogens is 4. The minimum Gasteiger partial charge on any atom is -0.494 e. The number of likely N-dealkylation sites (N-methyl/N-ethyl adjacent to an activating group) is 1. The van der Waals surface area contributed by atoms with Gasteiger partial charge < -0.3 is 20.3 Å². The molecule has 0 aromatic heterocycles. The van der Waals surface area contributed by atoms with Crippen LogP contribution in [0, 0.1) is 23.3 Å². The average Bonchev–Trinajstić information content (AvgIpc) is 2.67. The van der Waals surface area contributed by atoms with Crippen LogP contribution in [0.15, 0.2) is 30.3 Å². The molecule has 0 heterocycles. The maximum absolute atomic E-state index is 13.7. The number of carbonyl (C=O) groups is 2. The van der Waals surface area contributed by atoms with Crippen molar-refractivity contribution < 1.29 is 36.8 Å². The summed E-state index contributed by atoms with van der Waals surface area (Å²) < 4.78 is 58.1. The lowest BCUT2D eigenvalue weighted by Crippen LogP contribution is -3.08. The summed E-state index contributed by atoms with van der Waals surface area (Å²) in [6, 6.07) is 6.02. The van der Waals surface area contributed by atoms with Crippen molar-refractivity contribution in [1.82, 2.24) is 5.32 Å². The molecule has 0 aliphatic rings. The molecule has 0 aliphatic heterocycles. The molecule has 0 saturated heterocycles. The van der Waals surface area contributed by atoms with Crippen LogP contribution in [0.5, 0.6) is 5.75 Å². The van der Waals surface area contributed by atoms with Crippen LogP contribution >= 0.6 is 0 Å². The SMILES string of the molecule is COc1ccc(C[NH+](C)CC(=O)NCC(=O)Nc2ccc(F)c(F)c2F)cc1F. The van der Waals surface area contributed by atoms with Crippen LogP contribution in [0.2, 0.25) is 0 Å². The van der Waals surface area contributed by atoms with E-state index in [-0.39, 0.29) is 12.3 Å². The summed E-state index contributed by atoms with van der Waals surface area (Å²) in [5, 5.41) is 4.39. The quantitative estimate of drug-likeness (QED) is 0.446. The fourth-order valence-electron chi connectivity index (χ4n) is 2.56. The summed E-state index contributed by atoms with van der Waals surface area (Å²) in [6.45, 7) is -0.150. The summed E-state index contributed by atoms with van der Waals surface area (Å²) >= 11 is 0. The van der Waals surface area contributed by atoms with Gasteiger partial charge in [-0.05, 0) is 30.3 Å². The Kier molecular flexibility index (Phi) is 7.54. The van der Waals surface area contributed by atoms with E-state index < -0.39 is 47.3 Å². The second-order valence-corrected chi connectivity index (χ2v) is 6.33. The molecular formula is C19H20F4N3O3+. The summed E-state index contributed by atoms with van der Waals surface area (Å²) in [6.07, 6.45) is 0. The van der Waals surface area contributed by atoms with E-state index in [2.05, 4.69) is 5.32 Å². The van der Waals surface area contributed by atoms with E-state index in [4.69, 9.17) is 4.74 Å². The predicted molar refractivity (Wildman–Crippen MR) is 96.4 cm³/mol. The molecular weight excluding hydrogens is 394 g/mol. The molecule has 6 nitrogen and oxygen atoms in total. The highest BCUT2D eigenvalue weighted by Gasteiger charge is 2.17. The zero-order chi connectivity index (χ0) is 21.6. The highest BCUT2D eigenvalue weighted by Crippen LogP contribution is 2.19. The van der Waals surface area contributed by atoms with Gasteiger partial charge in [0.2, 0.25) is 5.91 Å². The van der Waals surface area contributed by atoms with Crippen LogP contribution in [0.25, 0.3) is 0 Å². The molecule has 0 radical (unpaired) electrons. The number of nitrogens with one attached hydrogen (secondary N) is 3. The Labute approximate surface area is 164 Å². The van der Waals surface area contributed by atoms with Crippen molar-refractivity contribution in [3.63, 3.8) is 0 Å². The van der Waals surface area contributed by atoms with E-state index in [0.717, 1.165) is 11.0 Å². The minimum absolute atomic E-state index is 0.0134. The first-order chi connectivity index (χ1) is 13.7. The molecule has 0 spiro atoms. The zero-order valence-corrected chi connectivity index (χ0v) is 15.7. The van der Waals surface area contributed by atoms with Crippen molar-refractivity contribution in [3.05, 3.63) is 59.2 Å². The Morgan fingerprint density at radius 2 is 1.72 bits per heavy atom. The van der Waals surface area contributed by atoms with Crippen molar-refractivity contribution in [2.24, 2.45) is 0 Å². The van der Waals surface area contributed by atoms with Gasteiger partial charge in [-0.2, -0.15) is 0 Å². The van der Waals surface area contributed by atoms with Gasteiger partial charge in [-0.1, -0.05) is 0 Å². The van der Waals surface area contributed by atoms with Gasteiger partial charge in [0.25, 0.3) is 5.91 Å². The Bertz CT molecular complexity index is 909. The van der Waals surface area contributed by atoms with Crippen molar-refractivity contribution in [1.29, 1.82) is 0 Å². The number of methoxy groups -OCH3 is 1. The van der Waals surface area contributed by atoms with Gasteiger partial charge in [0.05, 0.1) is 26.4 Å². The Morgan fingerprint density at radius 3 is 2.38 bits per heavy atom. The molecule has 0 saturated carbocycles. The average molecular weight is 414 g/mol. The van der Waals surface area contributed by atoms with Gasteiger partial charge >= 0.3 is 0 Å². The van der Waals surface area contributed by atoms with Crippen LogP contribution in [0.1, 0.15) is 5.56 Å². The van der Waals surface area contributed by atoms with E-state index >= 15 is 0 Å². The standard InChI is InChI=1S/C19H19F4N3O3/c1-26(9-11-3-6-15(29-2)13(21)7-11)10-17(28)24-8-16(27)25-14-5-4-12(20)18(22)19(14)23/h3-7H,8-10H2,1-2H3,(H,24,28)(H,25,27)/p+1. The molecule has 1 unspecified atom stereocenters. The molecule has 156 valence electrons. The minimum atomic E-state index is -1.70. The third-order valence-electron chi connectivity index (χ3n) is 3.94. The van der Waals surface area contributed by atoms with Gasteiger partial charge in [0, 0.05) is 5.56 Å². The number of quaternary nitrogens is 1. The second-order valence-electron chi connectivity index (χ2n) is 6.33. The fourth-order valence-corrected chi connectivity index (χ4v) is 2.56. The molecule has 0 aliphatic carbocycles. The largest absolute Gasteiger partial charge is 0.494 e. The maximum atomic E-state index is 13.7. The van der Waals surface area contributed by atoms with Crippen molar-refractivity contribution in [2.45, 2.75) is 6.54 Å². The molecule has 0 bridgehead atoms. The van der Waals surface area contributed by atoms with Gasteiger partial charge in [0.1, 0.15) is 6.54 Å². The molecule has 0 fully saturated rings. The summed E-state index contributed by atoms with van der Waals surface area (Å²) in [7, 11) is 3.06. The van der Waals surface area contributed by atoms with E-state index in [1.54, 1.807) is 13.1 Å². The smallest absolute Gasteiger partial charge is 0.275 e. The Hall–Kier alpha value is -3.14. The van der Waals surface area contributed by atoms with Crippen LogP contribution in [0.3, 0.4) is 0 Å². The Morgan fingerprint density at radius 1 is 1.00 bits per heavy atom. The van der Waals surface area contributed by atoms with Gasteiger partial charge in [-0.15, -0.1) is 0 Å². The Balaban J connectivity index is 1.81. The predicted octanol–water partition coefficient (Wildman–Crippen LogP) is 1.02. The first kappa shape index (κ1) is 22.2. The second kappa shape index (κ2) is 9.87. The fraction of sp³-hybridized carbons (Fsp3) is 0.263. The molecule has 1 atom stereocenters. The van der Waals surface area contributed by atoms with Crippen LogP contribution in [0.4, 0.5) is 23.2 Å². The van der Waals surface area contributed by atoms with Gasteiger partial charge in [-0.25, -0.2) is 17.6 Å². The van der Waals surface area contributed by atoms with Crippen molar-refractivity contribution in [3.8, 4) is 5.75 Å². The number of hydrogen-bond acceptors (Lipinski definition) is 3. The van der Waals surface area contributed by atoms with Gasteiger partial charge in [0.15, 0.2) is 35.6 Å². The van der Waals surface area contributed by atoms with Crippen molar-refractivity contribution >= 4 is 17.5 Å². The number of rotatable bonds is 8. The van der Waals surface area contributed by atoms with Crippen LogP contribution in [-0.2, 0) is 16.1 Å². The third kappa shape index (κ3) is 6.18. The molecule has 3 N–H and O–H groups in total. The molecule has 2 amide bonds. The molecule has 29 heavy (non-hydrogen) atoms.